The first kappa shape index (κ1) is 9.19. The van der Waals surface area contributed by atoms with E-state index < -0.39 is 0 Å². The van der Waals surface area contributed by atoms with Gasteiger partial charge in [-0.2, -0.15) is 0 Å². The summed E-state index contributed by atoms with van der Waals surface area (Å²) in [4.78, 5) is 1.97. The predicted octanol–water partition coefficient (Wildman–Crippen LogP) is 1.05. The fraction of sp³-hybridized carbons (Fsp3) is 1.00. The molecular formula is C3H9IO. The number of hydrogen-bond donors (Lipinski definition) is 1. The first-order valence-corrected chi connectivity index (χ1v) is 3.56. The van der Waals surface area contributed by atoms with E-state index in [-0.39, 0.29) is 6.61 Å². The van der Waals surface area contributed by atoms with E-state index in [0.717, 1.165) is 0 Å². The predicted molar refractivity (Wildman–Crippen MR) is 32.7 cm³/mol. The molecule has 5 heavy (non-hydrogen) atoms. The van der Waals surface area contributed by atoms with Gasteiger partial charge in [-0.25, -0.2) is 0 Å². The summed E-state index contributed by atoms with van der Waals surface area (Å²) in [6, 6.07) is 0. The highest BCUT2D eigenvalue weighted by Gasteiger charge is 1.34. The second kappa shape index (κ2) is 22.4. The number of aliphatic hydroxyl groups is 1. The maximum Gasteiger partial charge on any atom is 0.0402 e. The van der Waals surface area contributed by atoms with Gasteiger partial charge in [0.25, 0.3) is 0 Å². The summed E-state index contributed by atoms with van der Waals surface area (Å²) < 4.78 is 0. The summed E-state index contributed by atoms with van der Waals surface area (Å²) in [6.45, 7) is 1.93. The molecule has 1 nitrogen and oxygen atoms in total. The van der Waals surface area contributed by atoms with E-state index in [1.54, 1.807) is 6.92 Å². The zero-order valence-electron chi connectivity index (χ0n) is 3.53. The Kier molecular flexibility index (Phi) is 41.1. The maximum absolute atomic E-state index is 7.57. The minimum Gasteiger partial charge on any atom is -0.397 e. The van der Waals surface area contributed by atoms with Gasteiger partial charge in [0.2, 0.25) is 0 Å². The van der Waals surface area contributed by atoms with E-state index in [4.69, 9.17) is 5.11 Å². The quantitative estimate of drug-likeness (QED) is 0.445. The standard InChI is InChI=1S/C2H6O.CH3I/c1-2-3;1-2/h3H,2H2,1H3;1H3. The summed E-state index contributed by atoms with van der Waals surface area (Å²) in [5.74, 6) is 0. The van der Waals surface area contributed by atoms with Crippen molar-refractivity contribution in [1.29, 1.82) is 0 Å². The van der Waals surface area contributed by atoms with Gasteiger partial charge in [0.05, 0.1) is 0 Å². The van der Waals surface area contributed by atoms with E-state index in [1.807, 2.05) is 4.93 Å². The molecular weight excluding hydrogens is 179 g/mol. The summed E-state index contributed by atoms with van der Waals surface area (Å²) in [6.07, 6.45) is 0. The minimum absolute atomic E-state index is 0.250. The van der Waals surface area contributed by atoms with Crippen LogP contribution in [-0.2, 0) is 0 Å². The van der Waals surface area contributed by atoms with Crippen LogP contribution >= 0.6 is 22.6 Å². The van der Waals surface area contributed by atoms with Crippen LogP contribution < -0.4 is 0 Å². The Bertz CT molecular complexity index is 6.85. The van der Waals surface area contributed by atoms with Gasteiger partial charge in [0, 0.05) is 6.61 Å². The van der Waals surface area contributed by atoms with Gasteiger partial charge in [-0.15, -0.1) is 0 Å². The Hall–Kier alpha value is 0.690. The number of halogens is 1. The number of hydrogen-bond acceptors (Lipinski definition) is 1. The Balaban J connectivity index is 0. The van der Waals surface area contributed by atoms with E-state index in [9.17, 15) is 0 Å². The molecule has 0 bridgehead atoms. The Morgan fingerprint density at radius 2 is 1.60 bits per heavy atom. The van der Waals surface area contributed by atoms with Crippen molar-refractivity contribution in [2.75, 3.05) is 11.5 Å². The van der Waals surface area contributed by atoms with Crippen LogP contribution in [0, 0.1) is 0 Å². The number of aliphatic hydroxyl groups excluding tert-OH is 1. The highest BCUT2D eigenvalue weighted by molar-refractivity contribution is 14.1. The van der Waals surface area contributed by atoms with Crippen molar-refractivity contribution >= 4 is 22.6 Å². The zero-order chi connectivity index (χ0) is 4.71. The molecule has 0 radical (unpaired) electrons. The summed E-state index contributed by atoms with van der Waals surface area (Å²) in [5.41, 5.74) is 0. The smallest absolute Gasteiger partial charge is 0.0402 e. The molecule has 0 aliphatic heterocycles. The highest BCUT2D eigenvalue weighted by atomic mass is 127. The number of rotatable bonds is 0. The third-order valence-corrected chi connectivity index (χ3v) is 0. The van der Waals surface area contributed by atoms with Crippen LogP contribution in [0.4, 0.5) is 0 Å². The van der Waals surface area contributed by atoms with Crippen molar-refractivity contribution in [2.45, 2.75) is 6.92 Å². The molecule has 0 heterocycles. The van der Waals surface area contributed by atoms with Crippen LogP contribution in [0.1, 0.15) is 6.92 Å². The van der Waals surface area contributed by atoms with E-state index >= 15 is 0 Å². The highest BCUT2D eigenvalue weighted by Crippen LogP contribution is 1.48. The van der Waals surface area contributed by atoms with Crippen molar-refractivity contribution in [1.82, 2.24) is 0 Å². The molecule has 0 unspecified atom stereocenters. The lowest BCUT2D eigenvalue weighted by atomic mass is 10.9. The lowest BCUT2D eigenvalue weighted by molar-refractivity contribution is 0.318. The monoisotopic (exact) mass is 188 g/mol. The fourth-order valence-electron chi connectivity index (χ4n) is 0. The number of alkyl halides is 1. The lowest BCUT2D eigenvalue weighted by Crippen LogP contribution is -1.57. The summed E-state index contributed by atoms with van der Waals surface area (Å²) in [5, 5.41) is 7.57. The van der Waals surface area contributed by atoms with Crippen LogP contribution in [0.3, 0.4) is 0 Å². The van der Waals surface area contributed by atoms with Crippen LogP contribution in [0.25, 0.3) is 0 Å². The summed E-state index contributed by atoms with van der Waals surface area (Å²) >= 11 is 2.15. The molecule has 0 aliphatic carbocycles. The van der Waals surface area contributed by atoms with Crippen LogP contribution in [0.2, 0.25) is 0 Å². The molecule has 2 heteroatoms. The molecule has 0 aromatic heterocycles. The van der Waals surface area contributed by atoms with E-state index in [2.05, 4.69) is 22.6 Å². The Labute approximate surface area is 46.5 Å². The third-order valence-electron chi connectivity index (χ3n) is 0. The van der Waals surface area contributed by atoms with Crippen molar-refractivity contribution < 1.29 is 5.11 Å². The van der Waals surface area contributed by atoms with Gasteiger partial charge in [0.15, 0.2) is 0 Å². The Morgan fingerprint density at radius 3 is 1.60 bits per heavy atom. The minimum atomic E-state index is 0.250. The van der Waals surface area contributed by atoms with Crippen molar-refractivity contribution in [3.8, 4) is 0 Å². The average molecular weight is 188 g/mol. The molecule has 0 aliphatic rings. The molecule has 0 amide bonds. The zero-order valence-corrected chi connectivity index (χ0v) is 5.69. The van der Waals surface area contributed by atoms with E-state index in [0.29, 0.717) is 0 Å². The molecule has 0 rings (SSSR count). The van der Waals surface area contributed by atoms with Gasteiger partial charge in [-0.1, -0.05) is 22.6 Å². The molecule has 0 aromatic carbocycles. The SMILES string of the molecule is CCO.CI. The normalized spacial score (nSPS) is 4.80. The molecule has 0 saturated heterocycles. The van der Waals surface area contributed by atoms with Crippen molar-refractivity contribution in [3.05, 3.63) is 0 Å². The van der Waals surface area contributed by atoms with Crippen molar-refractivity contribution in [2.24, 2.45) is 0 Å². The molecule has 0 spiro atoms. The topological polar surface area (TPSA) is 20.2 Å². The fourth-order valence-corrected chi connectivity index (χ4v) is 0. The Morgan fingerprint density at radius 1 is 1.60 bits per heavy atom. The van der Waals surface area contributed by atoms with Gasteiger partial charge in [-0.05, 0) is 11.9 Å². The van der Waals surface area contributed by atoms with Crippen LogP contribution in [0.15, 0.2) is 0 Å². The lowest BCUT2D eigenvalue weighted by Gasteiger charge is -1.52. The maximum atomic E-state index is 7.57. The van der Waals surface area contributed by atoms with Gasteiger partial charge in [0.1, 0.15) is 0 Å². The molecule has 1 N–H and O–H groups in total. The molecule has 0 fully saturated rings. The third kappa shape index (κ3) is 71.3. The van der Waals surface area contributed by atoms with Gasteiger partial charge >= 0.3 is 0 Å². The largest absolute Gasteiger partial charge is 0.397 e. The van der Waals surface area contributed by atoms with Gasteiger partial charge in [-0.3, -0.25) is 0 Å². The summed E-state index contributed by atoms with van der Waals surface area (Å²) in [7, 11) is 0. The van der Waals surface area contributed by atoms with Crippen LogP contribution in [-0.4, -0.2) is 16.6 Å². The molecule has 0 aromatic rings. The first-order chi connectivity index (χ1) is 2.41. The van der Waals surface area contributed by atoms with Gasteiger partial charge < -0.3 is 5.11 Å². The molecule has 34 valence electrons. The average Bonchev–Trinajstić information content (AvgIpc) is 1.46. The first-order valence-electron chi connectivity index (χ1n) is 1.40. The molecule has 0 atom stereocenters. The second-order valence-electron chi connectivity index (χ2n) is 0.316. The van der Waals surface area contributed by atoms with Crippen LogP contribution in [0.5, 0.6) is 0 Å². The van der Waals surface area contributed by atoms with Crippen molar-refractivity contribution in [3.63, 3.8) is 0 Å². The molecule has 0 saturated carbocycles. The van der Waals surface area contributed by atoms with E-state index in [1.165, 1.54) is 0 Å². The second-order valence-corrected chi connectivity index (χ2v) is 0.316.